The van der Waals surface area contributed by atoms with Crippen molar-refractivity contribution in [3.05, 3.63) is 36.2 Å². The number of benzene rings is 1. The summed E-state index contributed by atoms with van der Waals surface area (Å²) in [6.45, 7) is 3.14. The second kappa shape index (κ2) is 6.43. The Bertz CT molecular complexity index is 757. The highest BCUT2D eigenvalue weighted by Crippen LogP contribution is 2.34. The molecular formula is C17H22N2O5. The third-order valence-corrected chi connectivity index (χ3v) is 4.52. The van der Waals surface area contributed by atoms with Gasteiger partial charge in [-0.3, -0.25) is 4.68 Å². The Balaban J connectivity index is 1.94. The number of rotatable bonds is 4. The molecule has 0 fully saturated rings. The van der Waals surface area contributed by atoms with Gasteiger partial charge in [0.15, 0.2) is 0 Å². The summed E-state index contributed by atoms with van der Waals surface area (Å²) in [5.41, 5.74) is 0.673. The van der Waals surface area contributed by atoms with E-state index in [4.69, 9.17) is 9.84 Å². The molecule has 2 aromatic rings. The standard InChI is InChI=1S/C17H22N2O5/c1-9-5-14(10(2)17(24-9)16(23)15(22)8-20)19-7-11-3-4-12(21)6-13(11)18-19/h3-7,10,14-17,20-23H,8H2,1-2H3/t10-,14+,15?,16?,17-/m1/s1. The number of hydrogen-bond acceptors (Lipinski definition) is 6. The van der Waals surface area contributed by atoms with Crippen LogP contribution in [0.25, 0.3) is 10.9 Å². The topological polar surface area (TPSA) is 108 Å². The van der Waals surface area contributed by atoms with E-state index in [0.29, 0.717) is 11.3 Å². The summed E-state index contributed by atoms with van der Waals surface area (Å²) in [4.78, 5) is 0. The summed E-state index contributed by atoms with van der Waals surface area (Å²) in [6.07, 6.45) is 0.646. The van der Waals surface area contributed by atoms with Gasteiger partial charge in [0.1, 0.15) is 24.1 Å². The molecule has 0 aliphatic carbocycles. The molecule has 0 amide bonds. The second-order valence-corrected chi connectivity index (χ2v) is 6.30. The number of aromatic nitrogens is 2. The number of ether oxygens (including phenoxy) is 1. The first-order chi connectivity index (χ1) is 11.4. The van der Waals surface area contributed by atoms with E-state index in [0.717, 1.165) is 5.39 Å². The molecule has 0 spiro atoms. The van der Waals surface area contributed by atoms with Crippen LogP contribution < -0.4 is 0 Å². The first-order valence-electron chi connectivity index (χ1n) is 7.90. The number of hydrogen-bond donors (Lipinski definition) is 4. The molecule has 0 bridgehead atoms. The molecule has 0 saturated carbocycles. The highest BCUT2D eigenvalue weighted by molar-refractivity contribution is 5.79. The third-order valence-electron chi connectivity index (χ3n) is 4.52. The predicted molar refractivity (Wildman–Crippen MR) is 87.3 cm³/mol. The molecule has 7 heteroatoms. The lowest BCUT2D eigenvalue weighted by atomic mass is 9.87. The molecule has 1 aromatic heterocycles. The number of phenols is 1. The summed E-state index contributed by atoms with van der Waals surface area (Å²) in [5, 5.41) is 44.0. The number of nitrogens with zero attached hydrogens (tertiary/aromatic N) is 2. The van der Waals surface area contributed by atoms with Gasteiger partial charge in [0.25, 0.3) is 0 Å². The van der Waals surface area contributed by atoms with Crippen LogP contribution in [0.15, 0.2) is 36.2 Å². The van der Waals surface area contributed by atoms with Gasteiger partial charge < -0.3 is 25.2 Å². The number of aromatic hydroxyl groups is 1. The molecule has 1 aliphatic rings. The van der Waals surface area contributed by atoms with Crippen LogP contribution in [-0.2, 0) is 4.74 Å². The van der Waals surface area contributed by atoms with Crippen molar-refractivity contribution in [1.82, 2.24) is 9.78 Å². The van der Waals surface area contributed by atoms with Crippen molar-refractivity contribution >= 4 is 10.9 Å². The average molecular weight is 334 g/mol. The van der Waals surface area contributed by atoms with Crippen LogP contribution in [0.3, 0.4) is 0 Å². The molecule has 24 heavy (non-hydrogen) atoms. The zero-order valence-electron chi connectivity index (χ0n) is 13.6. The van der Waals surface area contributed by atoms with Crippen LogP contribution in [0.1, 0.15) is 19.9 Å². The number of phenolic OH excluding ortho intramolecular Hbond substituents is 1. The zero-order valence-corrected chi connectivity index (χ0v) is 13.6. The Morgan fingerprint density at radius 2 is 2.08 bits per heavy atom. The Morgan fingerprint density at radius 3 is 2.79 bits per heavy atom. The molecule has 4 N–H and O–H groups in total. The highest BCUT2D eigenvalue weighted by Gasteiger charge is 2.39. The molecule has 130 valence electrons. The number of aliphatic hydroxyl groups is 3. The van der Waals surface area contributed by atoms with Crippen molar-refractivity contribution in [2.24, 2.45) is 5.92 Å². The normalized spacial score (nSPS) is 26.7. The van der Waals surface area contributed by atoms with Crippen LogP contribution >= 0.6 is 0 Å². The largest absolute Gasteiger partial charge is 0.508 e. The summed E-state index contributed by atoms with van der Waals surface area (Å²) in [7, 11) is 0. The van der Waals surface area contributed by atoms with E-state index in [9.17, 15) is 15.3 Å². The Morgan fingerprint density at radius 1 is 1.33 bits per heavy atom. The molecule has 2 heterocycles. The Kier molecular flexibility index (Phi) is 4.49. The van der Waals surface area contributed by atoms with Gasteiger partial charge >= 0.3 is 0 Å². The molecule has 1 aliphatic heterocycles. The van der Waals surface area contributed by atoms with Crippen molar-refractivity contribution in [3.8, 4) is 5.75 Å². The lowest BCUT2D eigenvalue weighted by molar-refractivity contribution is -0.113. The van der Waals surface area contributed by atoms with Crippen LogP contribution in [-0.4, -0.2) is 55.1 Å². The van der Waals surface area contributed by atoms with E-state index in [1.807, 2.05) is 19.2 Å². The SMILES string of the molecule is CC1=C[C@H](n2cc3ccc(O)cc3n2)[C@@H](C)[C@H](C(O)C(O)CO)O1. The van der Waals surface area contributed by atoms with Crippen molar-refractivity contribution in [3.63, 3.8) is 0 Å². The van der Waals surface area contributed by atoms with Gasteiger partial charge in [-0.1, -0.05) is 6.92 Å². The molecule has 3 rings (SSSR count). The number of allylic oxidation sites excluding steroid dienone is 2. The maximum Gasteiger partial charge on any atom is 0.131 e. The fourth-order valence-corrected chi connectivity index (χ4v) is 3.15. The summed E-state index contributed by atoms with van der Waals surface area (Å²) >= 11 is 0. The van der Waals surface area contributed by atoms with Crippen LogP contribution in [0.4, 0.5) is 0 Å². The van der Waals surface area contributed by atoms with E-state index >= 15 is 0 Å². The van der Waals surface area contributed by atoms with Gasteiger partial charge in [0.2, 0.25) is 0 Å². The Labute approximate surface area is 139 Å². The van der Waals surface area contributed by atoms with Gasteiger partial charge in [0, 0.05) is 23.6 Å². The van der Waals surface area contributed by atoms with Crippen molar-refractivity contribution in [2.45, 2.75) is 38.2 Å². The Hall–Kier alpha value is -2.09. The van der Waals surface area contributed by atoms with E-state index in [2.05, 4.69) is 5.10 Å². The summed E-state index contributed by atoms with van der Waals surface area (Å²) in [6, 6.07) is 4.80. The zero-order chi connectivity index (χ0) is 17.4. The molecular weight excluding hydrogens is 312 g/mol. The van der Waals surface area contributed by atoms with E-state index in [-0.39, 0.29) is 17.7 Å². The van der Waals surface area contributed by atoms with Gasteiger partial charge in [-0.2, -0.15) is 5.10 Å². The predicted octanol–water partition coefficient (Wildman–Crippen LogP) is 0.936. The molecule has 0 radical (unpaired) electrons. The van der Waals surface area contributed by atoms with E-state index in [1.54, 1.807) is 29.8 Å². The minimum Gasteiger partial charge on any atom is -0.508 e. The second-order valence-electron chi connectivity index (χ2n) is 6.30. The first kappa shape index (κ1) is 16.8. The maximum atomic E-state index is 10.2. The van der Waals surface area contributed by atoms with Crippen LogP contribution in [0, 0.1) is 5.92 Å². The molecule has 2 unspecified atom stereocenters. The lowest BCUT2D eigenvalue weighted by Gasteiger charge is -2.38. The van der Waals surface area contributed by atoms with Crippen molar-refractivity contribution < 1.29 is 25.2 Å². The molecule has 0 saturated heterocycles. The first-order valence-corrected chi connectivity index (χ1v) is 7.90. The fraction of sp³-hybridized carbons (Fsp3) is 0.471. The van der Waals surface area contributed by atoms with Gasteiger partial charge in [0.05, 0.1) is 23.9 Å². The smallest absolute Gasteiger partial charge is 0.131 e. The lowest BCUT2D eigenvalue weighted by Crippen LogP contribution is -2.47. The molecule has 1 aromatic carbocycles. The average Bonchev–Trinajstić information content (AvgIpc) is 2.97. The maximum absolute atomic E-state index is 10.2. The highest BCUT2D eigenvalue weighted by atomic mass is 16.5. The van der Waals surface area contributed by atoms with E-state index in [1.165, 1.54) is 0 Å². The van der Waals surface area contributed by atoms with Crippen LogP contribution in [0.5, 0.6) is 5.75 Å². The summed E-state index contributed by atoms with van der Waals surface area (Å²) in [5.74, 6) is 0.585. The van der Waals surface area contributed by atoms with Crippen LogP contribution in [0.2, 0.25) is 0 Å². The monoisotopic (exact) mass is 334 g/mol. The van der Waals surface area contributed by atoms with Gasteiger partial charge in [-0.05, 0) is 25.1 Å². The fourth-order valence-electron chi connectivity index (χ4n) is 3.15. The third kappa shape index (κ3) is 2.98. The van der Waals surface area contributed by atoms with Gasteiger partial charge in [-0.25, -0.2) is 0 Å². The number of fused-ring (bicyclic) bond motifs is 1. The van der Waals surface area contributed by atoms with Gasteiger partial charge in [-0.15, -0.1) is 0 Å². The number of aliphatic hydroxyl groups excluding tert-OH is 3. The quantitative estimate of drug-likeness (QED) is 0.663. The van der Waals surface area contributed by atoms with Crippen molar-refractivity contribution in [2.75, 3.05) is 6.61 Å². The summed E-state index contributed by atoms with van der Waals surface area (Å²) < 4.78 is 7.46. The van der Waals surface area contributed by atoms with E-state index < -0.39 is 24.9 Å². The molecule has 7 nitrogen and oxygen atoms in total. The minimum absolute atomic E-state index is 0.152. The minimum atomic E-state index is -1.27. The van der Waals surface area contributed by atoms with Crippen molar-refractivity contribution in [1.29, 1.82) is 0 Å². The molecule has 5 atom stereocenters.